The number of hydrogen-bond donors (Lipinski definition) is 3. The van der Waals surface area contributed by atoms with Crippen molar-refractivity contribution >= 4 is 15.9 Å². The van der Waals surface area contributed by atoms with E-state index in [-0.39, 0.29) is 23.4 Å². The SMILES string of the molecule is CC(N)CCC(=O)NCc1ccccc1S(=O)(=O)NC(C)(C)C. The first-order valence-electron chi connectivity index (χ1n) is 7.65. The lowest BCUT2D eigenvalue weighted by molar-refractivity contribution is -0.121. The van der Waals surface area contributed by atoms with Crippen LogP contribution in [0.3, 0.4) is 0 Å². The third-order valence-corrected chi connectivity index (χ3v) is 4.86. The van der Waals surface area contributed by atoms with Crippen LogP contribution in [0.4, 0.5) is 0 Å². The second-order valence-electron chi connectivity index (χ2n) is 6.76. The minimum atomic E-state index is -3.64. The van der Waals surface area contributed by atoms with Gasteiger partial charge in [-0.1, -0.05) is 18.2 Å². The predicted molar refractivity (Wildman–Crippen MR) is 91.2 cm³/mol. The van der Waals surface area contributed by atoms with Crippen molar-refractivity contribution in [1.82, 2.24) is 10.0 Å². The van der Waals surface area contributed by atoms with Crippen LogP contribution in [-0.2, 0) is 21.4 Å². The molecular weight excluding hydrogens is 314 g/mol. The summed E-state index contributed by atoms with van der Waals surface area (Å²) in [7, 11) is -3.64. The molecule has 1 aromatic carbocycles. The maximum atomic E-state index is 12.5. The van der Waals surface area contributed by atoms with Crippen molar-refractivity contribution in [2.24, 2.45) is 5.73 Å². The Morgan fingerprint density at radius 3 is 2.43 bits per heavy atom. The largest absolute Gasteiger partial charge is 0.352 e. The summed E-state index contributed by atoms with van der Waals surface area (Å²) < 4.78 is 27.6. The van der Waals surface area contributed by atoms with Crippen molar-refractivity contribution in [3.05, 3.63) is 29.8 Å². The molecule has 1 amide bonds. The second kappa shape index (κ2) is 7.90. The zero-order chi connectivity index (χ0) is 17.7. The van der Waals surface area contributed by atoms with Crippen LogP contribution in [-0.4, -0.2) is 25.9 Å². The standard InChI is InChI=1S/C16H27N3O3S/c1-12(17)9-10-15(20)18-11-13-7-5-6-8-14(13)23(21,22)19-16(2,3)4/h5-8,12,19H,9-11,17H2,1-4H3,(H,18,20). The van der Waals surface area contributed by atoms with Crippen molar-refractivity contribution in [1.29, 1.82) is 0 Å². The van der Waals surface area contributed by atoms with Crippen molar-refractivity contribution in [2.75, 3.05) is 0 Å². The first-order valence-corrected chi connectivity index (χ1v) is 9.14. The Morgan fingerprint density at radius 1 is 1.26 bits per heavy atom. The Kier molecular flexibility index (Phi) is 6.73. The lowest BCUT2D eigenvalue weighted by atomic mass is 10.1. The quantitative estimate of drug-likeness (QED) is 0.699. The van der Waals surface area contributed by atoms with E-state index in [1.54, 1.807) is 39.0 Å². The van der Waals surface area contributed by atoms with E-state index in [0.29, 0.717) is 18.4 Å². The molecule has 0 saturated heterocycles. The number of benzene rings is 1. The summed E-state index contributed by atoms with van der Waals surface area (Å²) in [5.41, 5.74) is 5.60. The number of nitrogens with two attached hydrogens (primary N) is 1. The molecule has 23 heavy (non-hydrogen) atoms. The molecule has 130 valence electrons. The van der Waals surface area contributed by atoms with Gasteiger partial charge in [0.15, 0.2) is 0 Å². The molecule has 0 radical (unpaired) electrons. The smallest absolute Gasteiger partial charge is 0.241 e. The molecule has 0 heterocycles. The summed E-state index contributed by atoms with van der Waals surface area (Å²) >= 11 is 0. The number of carbonyl (C=O) groups excluding carboxylic acids is 1. The van der Waals surface area contributed by atoms with Gasteiger partial charge in [0, 0.05) is 24.5 Å². The number of rotatable bonds is 7. The number of carbonyl (C=O) groups is 1. The fourth-order valence-corrected chi connectivity index (χ4v) is 3.67. The maximum Gasteiger partial charge on any atom is 0.241 e. The minimum Gasteiger partial charge on any atom is -0.352 e. The molecule has 4 N–H and O–H groups in total. The molecule has 1 rings (SSSR count). The van der Waals surface area contributed by atoms with Gasteiger partial charge in [-0.05, 0) is 45.7 Å². The summed E-state index contributed by atoms with van der Waals surface area (Å²) in [6.07, 6.45) is 0.921. The van der Waals surface area contributed by atoms with Crippen LogP contribution in [0, 0.1) is 0 Å². The van der Waals surface area contributed by atoms with Gasteiger partial charge in [0.2, 0.25) is 15.9 Å². The molecule has 0 fully saturated rings. The summed E-state index contributed by atoms with van der Waals surface area (Å²) in [4.78, 5) is 12.0. The van der Waals surface area contributed by atoms with E-state index in [1.807, 2.05) is 6.92 Å². The van der Waals surface area contributed by atoms with E-state index >= 15 is 0 Å². The van der Waals surface area contributed by atoms with E-state index in [0.717, 1.165) is 0 Å². The van der Waals surface area contributed by atoms with Crippen LogP contribution in [0.1, 0.15) is 46.1 Å². The molecule has 0 aromatic heterocycles. The van der Waals surface area contributed by atoms with Gasteiger partial charge in [-0.15, -0.1) is 0 Å². The highest BCUT2D eigenvalue weighted by Gasteiger charge is 2.24. The normalized spacial score (nSPS) is 13.6. The number of sulfonamides is 1. The van der Waals surface area contributed by atoms with Gasteiger partial charge in [-0.25, -0.2) is 13.1 Å². The molecule has 1 unspecified atom stereocenters. The zero-order valence-electron chi connectivity index (χ0n) is 14.2. The van der Waals surface area contributed by atoms with E-state index in [9.17, 15) is 13.2 Å². The molecule has 0 spiro atoms. The average molecular weight is 341 g/mol. The molecule has 1 atom stereocenters. The summed E-state index contributed by atoms with van der Waals surface area (Å²) in [6.45, 7) is 7.35. The molecule has 1 aromatic rings. The Hall–Kier alpha value is -1.44. The highest BCUT2D eigenvalue weighted by Crippen LogP contribution is 2.17. The molecule has 0 aliphatic carbocycles. The first kappa shape index (κ1) is 19.6. The van der Waals surface area contributed by atoms with Crippen molar-refractivity contribution < 1.29 is 13.2 Å². The van der Waals surface area contributed by atoms with Gasteiger partial charge in [0.05, 0.1) is 4.90 Å². The van der Waals surface area contributed by atoms with Gasteiger partial charge < -0.3 is 11.1 Å². The predicted octanol–water partition coefficient (Wildman–Crippen LogP) is 1.51. The van der Waals surface area contributed by atoms with Crippen LogP contribution in [0.5, 0.6) is 0 Å². The highest BCUT2D eigenvalue weighted by atomic mass is 32.2. The van der Waals surface area contributed by atoms with Crippen LogP contribution < -0.4 is 15.8 Å². The van der Waals surface area contributed by atoms with Crippen LogP contribution >= 0.6 is 0 Å². The monoisotopic (exact) mass is 341 g/mol. The van der Waals surface area contributed by atoms with Gasteiger partial charge in [0.1, 0.15) is 0 Å². The number of nitrogens with one attached hydrogen (secondary N) is 2. The van der Waals surface area contributed by atoms with Crippen LogP contribution in [0.15, 0.2) is 29.2 Å². The van der Waals surface area contributed by atoms with E-state index in [4.69, 9.17) is 5.73 Å². The molecule has 0 aliphatic rings. The molecule has 0 saturated carbocycles. The topological polar surface area (TPSA) is 101 Å². The maximum absolute atomic E-state index is 12.5. The zero-order valence-corrected chi connectivity index (χ0v) is 15.0. The first-order chi connectivity index (χ1) is 10.5. The lowest BCUT2D eigenvalue weighted by Gasteiger charge is -2.21. The minimum absolute atomic E-state index is 0.0376. The fourth-order valence-electron chi connectivity index (χ4n) is 2.01. The third kappa shape index (κ3) is 7.11. The molecule has 7 heteroatoms. The Balaban J connectivity index is 2.84. The van der Waals surface area contributed by atoms with Crippen molar-refractivity contribution in [3.63, 3.8) is 0 Å². The van der Waals surface area contributed by atoms with E-state index < -0.39 is 15.6 Å². The fraction of sp³-hybridized carbons (Fsp3) is 0.562. The molecule has 0 bridgehead atoms. The van der Waals surface area contributed by atoms with Crippen LogP contribution in [0.2, 0.25) is 0 Å². The third-order valence-electron chi connectivity index (χ3n) is 3.01. The van der Waals surface area contributed by atoms with Crippen LogP contribution in [0.25, 0.3) is 0 Å². The number of hydrogen-bond acceptors (Lipinski definition) is 4. The Bertz CT molecular complexity index is 634. The molecule has 0 aliphatic heterocycles. The van der Waals surface area contributed by atoms with E-state index in [2.05, 4.69) is 10.0 Å². The summed E-state index contributed by atoms with van der Waals surface area (Å²) in [5, 5.41) is 2.74. The molecule has 6 nitrogen and oxygen atoms in total. The van der Waals surface area contributed by atoms with Gasteiger partial charge in [0.25, 0.3) is 0 Å². The Labute approximate surface area is 138 Å². The van der Waals surface area contributed by atoms with Crippen molar-refractivity contribution in [2.45, 2.75) is 63.6 Å². The van der Waals surface area contributed by atoms with Gasteiger partial charge in [-0.2, -0.15) is 0 Å². The van der Waals surface area contributed by atoms with Gasteiger partial charge >= 0.3 is 0 Å². The Morgan fingerprint density at radius 2 is 1.87 bits per heavy atom. The van der Waals surface area contributed by atoms with Crippen molar-refractivity contribution in [3.8, 4) is 0 Å². The summed E-state index contributed by atoms with van der Waals surface area (Å²) in [6, 6.07) is 6.61. The average Bonchev–Trinajstić information content (AvgIpc) is 2.40. The van der Waals surface area contributed by atoms with E-state index in [1.165, 1.54) is 6.07 Å². The second-order valence-corrected chi connectivity index (χ2v) is 8.41. The lowest BCUT2D eigenvalue weighted by Crippen LogP contribution is -2.41. The highest BCUT2D eigenvalue weighted by molar-refractivity contribution is 7.89. The number of amides is 1. The summed E-state index contributed by atoms with van der Waals surface area (Å²) in [5.74, 6) is -0.140. The van der Waals surface area contributed by atoms with Gasteiger partial charge in [-0.3, -0.25) is 4.79 Å². The molecular formula is C16H27N3O3S.